The van der Waals surface area contributed by atoms with Gasteiger partial charge >= 0.3 is 0 Å². The fourth-order valence-corrected chi connectivity index (χ4v) is 2.49. The van der Waals surface area contributed by atoms with E-state index in [-0.39, 0.29) is 0 Å². The Morgan fingerprint density at radius 1 is 1.05 bits per heavy atom. The van der Waals surface area contributed by atoms with Crippen LogP contribution in [-0.4, -0.2) is 9.59 Å². The zero-order valence-corrected chi connectivity index (χ0v) is 12.0. The Bertz CT molecular complexity index is 714. The summed E-state index contributed by atoms with van der Waals surface area (Å²) in [4.78, 5) is 0. The number of nitrogens with one attached hydrogen (secondary N) is 1. The van der Waals surface area contributed by atoms with E-state index in [0.717, 1.165) is 16.9 Å². The Kier molecular flexibility index (Phi) is 4.09. The van der Waals surface area contributed by atoms with Crippen LogP contribution < -0.4 is 16.0 Å². The number of hydrogen-bond acceptors (Lipinski definition) is 6. The Balaban J connectivity index is 1.83. The highest BCUT2D eigenvalue weighted by Gasteiger charge is 2.10. The van der Waals surface area contributed by atoms with Crippen LogP contribution in [0.15, 0.2) is 54.6 Å². The van der Waals surface area contributed by atoms with Crippen molar-refractivity contribution in [3.05, 3.63) is 60.3 Å². The molecule has 2 aromatic carbocycles. The molecule has 0 aliphatic rings. The molecule has 1 heterocycles. The van der Waals surface area contributed by atoms with Gasteiger partial charge in [0.15, 0.2) is 5.00 Å². The van der Waals surface area contributed by atoms with Crippen LogP contribution in [-0.2, 0) is 6.61 Å². The quantitative estimate of drug-likeness (QED) is 0.559. The average Bonchev–Trinajstić information content (AvgIpc) is 3.01. The predicted molar refractivity (Wildman–Crippen MR) is 83.9 cm³/mol. The number of ether oxygens (including phenoxy) is 1. The second-order valence-corrected chi connectivity index (χ2v) is 5.10. The van der Waals surface area contributed by atoms with Crippen molar-refractivity contribution in [1.82, 2.24) is 9.59 Å². The third-order valence-electron chi connectivity index (χ3n) is 3.02. The summed E-state index contributed by atoms with van der Waals surface area (Å²) in [6, 6.07) is 18.0. The molecule has 0 unspecified atom stereocenters. The largest absolute Gasteiger partial charge is 0.486 e. The molecule has 0 spiro atoms. The molecule has 0 aliphatic carbocycles. The fourth-order valence-electron chi connectivity index (χ4n) is 2.01. The van der Waals surface area contributed by atoms with Crippen molar-refractivity contribution < 1.29 is 4.74 Å². The number of nitrogens with zero attached hydrogens (tertiary/aromatic N) is 2. The van der Waals surface area contributed by atoms with Gasteiger partial charge in [-0.05, 0) is 11.6 Å². The summed E-state index contributed by atoms with van der Waals surface area (Å²) >= 11 is 1.21. The molecule has 0 bridgehead atoms. The Labute approximate surface area is 126 Å². The van der Waals surface area contributed by atoms with Gasteiger partial charge in [-0.1, -0.05) is 53.0 Å². The second-order valence-electron chi connectivity index (χ2n) is 4.34. The smallest absolute Gasteiger partial charge is 0.150 e. The van der Waals surface area contributed by atoms with E-state index in [1.54, 1.807) is 0 Å². The first-order valence-corrected chi connectivity index (χ1v) is 7.21. The van der Waals surface area contributed by atoms with E-state index < -0.39 is 0 Å². The normalized spacial score (nSPS) is 10.3. The second kappa shape index (κ2) is 6.34. The minimum absolute atomic E-state index is 0.319. The van der Waals surface area contributed by atoms with Crippen LogP contribution in [0, 0.1) is 0 Å². The highest BCUT2D eigenvalue weighted by atomic mass is 32.1. The maximum absolute atomic E-state index is 5.89. The fraction of sp³-hybridized carbons (Fsp3) is 0.0667. The van der Waals surface area contributed by atoms with Crippen LogP contribution in [0.25, 0.3) is 11.1 Å². The molecule has 0 aliphatic heterocycles. The minimum Gasteiger partial charge on any atom is -0.486 e. The number of benzene rings is 2. The van der Waals surface area contributed by atoms with Crippen molar-refractivity contribution in [2.45, 2.75) is 6.61 Å². The van der Waals surface area contributed by atoms with Gasteiger partial charge in [-0.2, -0.15) is 0 Å². The number of hydrazine groups is 1. The summed E-state index contributed by atoms with van der Waals surface area (Å²) in [5, 5.41) is 4.72. The summed E-state index contributed by atoms with van der Waals surface area (Å²) < 4.78 is 9.74. The lowest BCUT2D eigenvalue weighted by Gasteiger charge is -2.11. The zero-order valence-electron chi connectivity index (χ0n) is 11.2. The van der Waals surface area contributed by atoms with E-state index in [2.05, 4.69) is 27.1 Å². The monoisotopic (exact) mass is 298 g/mol. The predicted octanol–water partition coefficient (Wildman–Crippen LogP) is 3.07. The standard InChI is InChI=1S/C15H14N4OS/c16-17-15-13(18-19-21-15)10-20-14-9-5-4-8-12(14)11-6-2-1-3-7-11/h1-9,17H,10,16H2. The summed E-state index contributed by atoms with van der Waals surface area (Å²) in [7, 11) is 0. The summed E-state index contributed by atoms with van der Waals surface area (Å²) in [6.07, 6.45) is 0. The van der Waals surface area contributed by atoms with Crippen molar-refractivity contribution in [2.75, 3.05) is 5.43 Å². The first-order valence-electron chi connectivity index (χ1n) is 6.43. The molecule has 5 nitrogen and oxygen atoms in total. The van der Waals surface area contributed by atoms with E-state index in [0.29, 0.717) is 17.3 Å². The highest BCUT2D eigenvalue weighted by Crippen LogP contribution is 2.30. The summed E-state index contributed by atoms with van der Waals surface area (Å²) in [5.41, 5.74) is 5.43. The Morgan fingerprint density at radius 2 is 1.81 bits per heavy atom. The van der Waals surface area contributed by atoms with Gasteiger partial charge in [0, 0.05) is 17.1 Å². The molecule has 3 rings (SSSR count). The average molecular weight is 298 g/mol. The van der Waals surface area contributed by atoms with Crippen molar-refractivity contribution in [1.29, 1.82) is 0 Å². The molecule has 0 atom stereocenters. The third kappa shape index (κ3) is 3.01. The molecule has 21 heavy (non-hydrogen) atoms. The number of hydrogen-bond donors (Lipinski definition) is 2. The topological polar surface area (TPSA) is 73.1 Å². The number of nitrogens with two attached hydrogens (primary N) is 1. The van der Waals surface area contributed by atoms with Crippen molar-refractivity contribution >= 4 is 16.5 Å². The van der Waals surface area contributed by atoms with Crippen molar-refractivity contribution in [3.8, 4) is 16.9 Å². The summed E-state index contributed by atoms with van der Waals surface area (Å²) in [6.45, 7) is 0.319. The molecule has 3 aromatic rings. The first kappa shape index (κ1) is 13.5. The first-order chi connectivity index (χ1) is 10.4. The molecule has 0 radical (unpaired) electrons. The van der Waals surface area contributed by atoms with Crippen LogP contribution in [0.1, 0.15) is 5.69 Å². The molecular weight excluding hydrogens is 284 g/mol. The van der Waals surface area contributed by atoms with Crippen molar-refractivity contribution in [2.24, 2.45) is 5.84 Å². The van der Waals surface area contributed by atoms with Crippen molar-refractivity contribution in [3.63, 3.8) is 0 Å². The zero-order chi connectivity index (χ0) is 14.5. The van der Waals surface area contributed by atoms with Crippen LogP contribution in [0.5, 0.6) is 5.75 Å². The van der Waals surface area contributed by atoms with Gasteiger partial charge in [0.25, 0.3) is 0 Å². The van der Waals surface area contributed by atoms with Gasteiger partial charge in [-0.3, -0.25) is 0 Å². The molecule has 1 aromatic heterocycles. The number of para-hydroxylation sites is 1. The van der Waals surface area contributed by atoms with Crippen LogP contribution in [0.3, 0.4) is 0 Å². The van der Waals surface area contributed by atoms with Crippen LogP contribution in [0.2, 0.25) is 0 Å². The van der Waals surface area contributed by atoms with E-state index >= 15 is 0 Å². The number of aromatic nitrogens is 2. The number of rotatable bonds is 5. The minimum atomic E-state index is 0.319. The summed E-state index contributed by atoms with van der Waals surface area (Å²) in [5.74, 6) is 6.22. The lowest BCUT2D eigenvalue weighted by Crippen LogP contribution is -2.08. The SMILES string of the molecule is NNc1snnc1COc1ccccc1-c1ccccc1. The van der Waals surface area contributed by atoms with Gasteiger partial charge < -0.3 is 10.2 Å². The maximum atomic E-state index is 5.89. The van der Waals surface area contributed by atoms with Crippen LogP contribution in [0.4, 0.5) is 5.00 Å². The van der Waals surface area contributed by atoms with E-state index in [9.17, 15) is 0 Å². The molecule has 0 saturated carbocycles. The third-order valence-corrected chi connectivity index (χ3v) is 3.72. The molecule has 6 heteroatoms. The molecule has 0 fully saturated rings. The molecule has 0 saturated heterocycles. The molecule has 106 valence electrons. The molecule has 3 N–H and O–H groups in total. The Morgan fingerprint density at radius 3 is 2.62 bits per heavy atom. The van der Waals surface area contributed by atoms with E-state index in [1.165, 1.54) is 11.5 Å². The van der Waals surface area contributed by atoms with Gasteiger partial charge in [0.05, 0.1) is 0 Å². The molecular formula is C15H14N4OS. The highest BCUT2D eigenvalue weighted by molar-refractivity contribution is 7.10. The van der Waals surface area contributed by atoms with E-state index in [1.807, 2.05) is 42.5 Å². The lowest BCUT2D eigenvalue weighted by atomic mass is 10.1. The van der Waals surface area contributed by atoms with Gasteiger partial charge in [-0.25, -0.2) is 5.84 Å². The van der Waals surface area contributed by atoms with Gasteiger partial charge in [0.2, 0.25) is 0 Å². The van der Waals surface area contributed by atoms with Gasteiger partial charge in [-0.15, -0.1) is 5.10 Å². The van der Waals surface area contributed by atoms with Crippen LogP contribution >= 0.6 is 11.5 Å². The number of nitrogen functional groups attached to an aromatic ring is 1. The number of anilines is 1. The maximum Gasteiger partial charge on any atom is 0.150 e. The Hall–Kier alpha value is -2.44. The van der Waals surface area contributed by atoms with E-state index in [4.69, 9.17) is 10.6 Å². The molecule has 0 amide bonds. The van der Waals surface area contributed by atoms with Gasteiger partial charge in [0.1, 0.15) is 18.1 Å². The lowest BCUT2D eigenvalue weighted by molar-refractivity contribution is 0.303.